The number of rotatable bonds is 8. The topological polar surface area (TPSA) is 78.9 Å². The summed E-state index contributed by atoms with van der Waals surface area (Å²) >= 11 is 0. The van der Waals surface area contributed by atoms with Crippen molar-refractivity contribution < 1.29 is 17.9 Å². The number of aryl methyl sites for hydroxylation is 1. The fourth-order valence-corrected chi connectivity index (χ4v) is 4.98. The second-order valence-corrected chi connectivity index (χ2v) is 9.50. The summed E-state index contributed by atoms with van der Waals surface area (Å²) in [4.78, 5) is 17.0. The van der Waals surface area contributed by atoms with E-state index in [0.717, 1.165) is 25.2 Å². The minimum atomic E-state index is -3.81. The lowest BCUT2D eigenvalue weighted by atomic mass is 10.2. The van der Waals surface area contributed by atoms with Gasteiger partial charge < -0.3 is 9.64 Å². The van der Waals surface area contributed by atoms with E-state index in [2.05, 4.69) is 21.8 Å². The molecule has 0 aliphatic carbocycles. The van der Waals surface area contributed by atoms with Crippen LogP contribution in [-0.2, 0) is 21.4 Å². The standard InChI is InChI=1S/C23H31N3O4S/c1-4-30-22-11-10-21(16-18(22)2)31(28,29)24-19(3)23(27)26-14-12-25(13-15-26)17-20-8-6-5-7-9-20/h5-11,16,19,24H,4,12-15,17H2,1-3H3/t19-/m0/s1. The molecule has 1 aliphatic heterocycles. The lowest BCUT2D eigenvalue weighted by Crippen LogP contribution is -2.53. The van der Waals surface area contributed by atoms with Gasteiger partial charge in [0.15, 0.2) is 0 Å². The number of sulfonamides is 1. The summed E-state index contributed by atoms with van der Waals surface area (Å²) in [5, 5.41) is 0. The van der Waals surface area contributed by atoms with E-state index in [9.17, 15) is 13.2 Å². The highest BCUT2D eigenvalue weighted by molar-refractivity contribution is 7.89. The molecule has 1 heterocycles. The lowest BCUT2D eigenvalue weighted by Gasteiger charge is -2.36. The van der Waals surface area contributed by atoms with Gasteiger partial charge in [0.25, 0.3) is 0 Å². The summed E-state index contributed by atoms with van der Waals surface area (Å²) in [6, 6.07) is 14.1. The average Bonchev–Trinajstić information content (AvgIpc) is 2.75. The summed E-state index contributed by atoms with van der Waals surface area (Å²) in [5.74, 6) is 0.449. The van der Waals surface area contributed by atoms with Crippen LogP contribution in [0.15, 0.2) is 53.4 Å². The zero-order valence-corrected chi connectivity index (χ0v) is 19.2. The molecule has 1 saturated heterocycles. The van der Waals surface area contributed by atoms with E-state index in [1.54, 1.807) is 30.9 Å². The van der Waals surface area contributed by atoms with E-state index < -0.39 is 16.1 Å². The Morgan fingerprint density at radius 2 is 1.77 bits per heavy atom. The average molecular weight is 446 g/mol. The number of piperazine rings is 1. The Balaban J connectivity index is 1.56. The molecule has 1 N–H and O–H groups in total. The van der Waals surface area contributed by atoms with Crippen molar-refractivity contribution in [2.24, 2.45) is 0 Å². The summed E-state index contributed by atoms with van der Waals surface area (Å²) in [5.41, 5.74) is 1.98. The minimum Gasteiger partial charge on any atom is -0.494 e. The van der Waals surface area contributed by atoms with Crippen LogP contribution in [0.4, 0.5) is 0 Å². The van der Waals surface area contributed by atoms with E-state index in [0.29, 0.717) is 25.4 Å². The molecular formula is C23H31N3O4S. The van der Waals surface area contributed by atoms with Gasteiger partial charge in [0, 0.05) is 32.7 Å². The highest BCUT2D eigenvalue weighted by Crippen LogP contribution is 2.22. The minimum absolute atomic E-state index is 0.126. The molecule has 1 amide bonds. The quantitative estimate of drug-likeness (QED) is 0.675. The number of ether oxygens (including phenoxy) is 1. The summed E-state index contributed by atoms with van der Waals surface area (Å²) in [7, 11) is -3.81. The van der Waals surface area contributed by atoms with E-state index in [1.165, 1.54) is 11.6 Å². The second-order valence-electron chi connectivity index (χ2n) is 7.79. The first kappa shape index (κ1) is 23.2. The Kier molecular flexibility index (Phi) is 7.69. The van der Waals surface area contributed by atoms with Crippen LogP contribution >= 0.6 is 0 Å². The molecule has 168 valence electrons. The first-order valence-corrected chi connectivity index (χ1v) is 12.1. The van der Waals surface area contributed by atoms with E-state index in [-0.39, 0.29) is 10.8 Å². The first-order valence-electron chi connectivity index (χ1n) is 10.6. The van der Waals surface area contributed by atoms with Gasteiger partial charge >= 0.3 is 0 Å². The van der Waals surface area contributed by atoms with Crippen molar-refractivity contribution in [2.45, 2.75) is 38.3 Å². The van der Waals surface area contributed by atoms with Crippen molar-refractivity contribution in [1.82, 2.24) is 14.5 Å². The fourth-order valence-electron chi connectivity index (χ4n) is 3.70. The molecule has 2 aromatic rings. The van der Waals surface area contributed by atoms with Crippen molar-refractivity contribution in [2.75, 3.05) is 32.8 Å². The Morgan fingerprint density at radius 3 is 2.39 bits per heavy atom. The third-order valence-electron chi connectivity index (χ3n) is 5.39. The Morgan fingerprint density at radius 1 is 1.10 bits per heavy atom. The third kappa shape index (κ3) is 6.06. The first-order chi connectivity index (χ1) is 14.8. The van der Waals surface area contributed by atoms with Gasteiger partial charge in [-0.15, -0.1) is 0 Å². The molecule has 0 aromatic heterocycles. The summed E-state index contributed by atoms with van der Waals surface area (Å²) in [6.45, 7) is 9.32. The molecule has 8 heteroatoms. The van der Waals surface area contributed by atoms with Crippen LogP contribution in [0.1, 0.15) is 25.0 Å². The highest BCUT2D eigenvalue weighted by Gasteiger charge is 2.28. The van der Waals surface area contributed by atoms with Crippen molar-refractivity contribution in [1.29, 1.82) is 0 Å². The second kappa shape index (κ2) is 10.3. The summed E-state index contributed by atoms with van der Waals surface area (Å²) in [6.07, 6.45) is 0. The Bertz CT molecular complexity index is 987. The van der Waals surface area contributed by atoms with E-state index >= 15 is 0 Å². The highest BCUT2D eigenvalue weighted by atomic mass is 32.2. The van der Waals surface area contributed by atoms with Crippen LogP contribution in [0.2, 0.25) is 0 Å². The van der Waals surface area contributed by atoms with Gasteiger partial charge in [-0.1, -0.05) is 30.3 Å². The molecule has 7 nitrogen and oxygen atoms in total. The number of carbonyl (C=O) groups is 1. The fraction of sp³-hybridized carbons (Fsp3) is 0.435. The SMILES string of the molecule is CCOc1ccc(S(=O)(=O)N[C@@H](C)C(=O)N2CCN(Cc3ccccc3)CC2)cc1C. The maximum Gasteiger partial charge on any atom is 0.241 e. The molecule has 0 radical (unpaired) electrons. The molecule has 1 aliphatic rings. The molecule has 0 spiro atoms. The largest absolute Gasteiger partial charge is 0.494 e. The number of nitrogens with one attached hydrogen (secondary N) is 1. The molecule has 31 heavy (non-hydrogen) atoms. The Labute approximate surface area is 185 Å². The van der Waals surface area contributed by atoms with Crippen LogP contribution in [-0.4, -0.2) is 63.0 Å². The van der Waals surface area contributed by atoms with Crippen molar-refractivity contribution in [3.05, 3.63) is 59.7 Å². The van der Waals surface area contributed by atoms with Gasteiger partial charge in [-0.2, -0.15) is 4.72 Å². The molecule has 2 aromatic carbocycles. The molecule has 0 bridgehead atoms. The van der Waals surface area contributed by atoms with Crippen molar-refractivity contribution in [3.8, 4) is 5.75 Å². The molecule has 1 fully saturated rings. The van der Waals surface area contributed by atoms with Gasteiger partial charge in [-0.05, 0) is 50.1 Å². The molecule has 3 rings (SSSR count). The van der Waals surface area contributed by atoms with Gasteiger partial charge in [-0.25, -0.2) is 8.42 Å². The predicted octanol–water partition coefficient (Wildman–Crippen LogP) is 2.40. The summed E-state index contributed by atoms with van der Waals surface area (Å²) < 4.78 is 33.5. The van der Waals surface area contributed by atoms with Crippen LogP contribution < -0.4 is 9.46 Å². The molecule has 1 atom stereocenters. The smallest absolute Gasteiger partial charge is 0.241 e. The van der Waals surface area contributed by atoms with Gasteiger partial charge in [0.2, 0.25) is 15.9 Å². The molecule has 0 saturated carbocycles. The van der Waals surface area contributed by atoms with E-state index in [4.69, 9.17) is 4.74 Å². The Hall–Kier alpha value is -2.42. The van der Waals surface area contributed by atoms with Crippen LogP contribution in [0, 0.1) is 6.92 Å². The van der Waals surface area contributed by atoms with Crippen molar-refractivity contribution >= 4 is 15.9 Å². The number of hydrogen-bond acceptors (Lipinski definition) is 5. The monoisotopic (exact) mass is 445 g/mol. The maximum absolute atomic E-state index is 12.8. The zero-order chi connectivity index (χ0) is 22.4. The van der Waals surface area contributed by atoms with Crippen LogP contribution in [0.5, 0.6) is 5.75 Å². The number of hydrogen-bond donors (Lipinski definition) is 1. The zero-order valence-electron chi connectivity index (χ0n) is 18.4. The lowest BCUT2D eigenvalue weighted by molar-refractivity contribution is -0.134. The normalized spacial score (nSPS) is 16.2. The maximum atomic E-state index is 12.8. The number of benzene rings is 2. The number of amides is 1. The van der Waals surface area contributed by atoms with E-state index in [1.807, 2.05) is 25.1 Å². The third-order valence-corrected chi connectivity index (χ3v) is 6.93. The molecular weight excluding hydrogens is 414 g/mol. The van der Waals surface area contributed by atoms with Gasteiger partial charge in [0.1, 0.15) is 5.75 Å². The van der Waals surface area contributed by atoms with Gasteiger partial charge in [0.05, 0.1) is 17.5 Å². The molecule has 0 unspecified atom stereocenters. The van der Waals surface area contributed by atoms with Crippen molar-refractivity contribution in [3.63, 3.8) is 0 Å². The number of carbonyl (C=O) groups excluding carboxylic acids is 1. The van der Waals surface area contributed by atoms with Crippen LogP contribution in [0.3, 0.4) is 0 Å². The van der Waals surface area contributed by atoms with Crippen LogP contribution in [0.25, 0.3) is 0 Å². The van der Waals surface area contributed by atoms with Gasteiger partial charge in [-0.3, -0.25) is 9.69 Å². The predicted molar refractivity (Wildman–Crippen MR) is 120 cm³/mol. The number of nitrogens with zero attached hydrogens (tertiary/aromatic N) is 2.